The molecule has 0 heterocycles. The van der Waals surface area contributed by atoms with Gasteiger partial charge in [0, 0.05) is 7.11 Å². The summed E-state index contributed by atoms with van der Waals surface area (Å²) in [6.45, 7) is -0.194. The standard InChI is InChI=1S/C9H10O6S/c1-14-6-9(10)15-7-2-4-8(5-3-7)16(11,12)13/h2-5H,6H2,1H3,(H,11,12,13). The summed E-state index contributed by atoms with van der Waals surface area (Å²) < 4.78 is 39.4. The first kappa shape index (κ1) is 12.6. The first-order valence-corrected chi connectivity index (χ1v) is 5.64. The summed E-state index contributed by atoms with van der Waals surface area (Å²) in [4.78, 5) is 10.7. The maximum Gasteiger partial charge on any atom is 0.337 e. The van der Waals surface area contributed by atoms with Crippen molar-refractivity contribution < 1.29 is 27.2 Å². The lowest BCUT2D eigenvalue weighted by Gasteiger charge is -2.03. The summed E-state index contributed by atoms with van der Waals surface area (Å²) in [5.41, 5.74) is 0. The number of esters is 1. The normalized spacial score (nSPS) is 11.1. The molecular weight excluding hydrogens is 236 g/mol. The summed E-state index contributed by atoms with van der Waals surface area (Å²) in [7, 11) is -2.87. The van der Waals surface area contributed by atoms with E-state index in [1.54, 1.807) is 0 Å². The van der Waals surface area contributed by atoms with Gasteiger partial charge in [0.15, 0.2) is 0 Å². The number of methoxy groups -OCH3 is 1. The van der Waals surface area contributed by atoms with Crippen LogP contribution in [0, 0.1) is 0 Å². The molecule has 0 unspecified atom stereocenters. The van der Waals surface area contributed by atoms with Crippen LogP contribution >= 0.6 is 0 Å². The molecule has 0 amide bonds. The second-order valence-corrected chi connectivity index (χ2v) is 4.28. The van der Waals surface area contributed by atoms with Crippen LogP contribution < -0.4 is 4.74 Å². The van der Waals surface area contributed by atoms with Crippen molar-refractivity contribution in [3.8, 4) is 5.75 Å². The van der Waals surface area contributed by atoms with Gasteiger partial charge in [-0.15, -0.1) is 0 Å². The minimum Gasteiger partial charge on any atom is -0.425 e. The maximum absolute atomic E-state index is 11.0. The van der Waals surface area contributed by atoms with Crippen LogP contribution in [0.5, 0.6) is 5.75 Å². The van der Waals surface area contributed by atoms with Crippen LogP contribution in [0.4, 0.5) is 0 Å². The maximum atomic E-state index is 11.0. The summed E-state index contributed by atoms with van der Waals surface area (Å²) >= 11 is 0. The molecule has 0 aliphatic heterocycles. The molecule has 0 fully saturated rings. The van der Waals surface area contributed by atoms with Gasteiger partial charge in [0.2, 0.25) is 0 Å². The number of hydrogen-bond acceptors (Lipinski definition) is 5. The van der Waals surface area contributed by atoms with Gasteiger partial charge in [-0.1, -0.05) is 0 Å². The number of carbonyl (C=O) groups excluding carboxylic acids is 1. The van der Waals surface area contributed by atoms with Crippen LogP contribution in [0.25, 0.3) is 0 Å². The molecule has 1 aromatic rings. The molecule has 1 aromatic carbocycles. The van der Waals surface area contributed by atoms with Gasteiger partial charge in [0.1, 0.15) is 12.4 Å². The van der Waals surface area contributed by atoms with Crippen molar-refractivity contribution in [1.82, 2.24) is 0 Å². The van der Waals surface area contributed by atoms with Crippen molar-refractivity contribution in [1.29, 1.82) is 0 Å². The second kappa shape index (κ2) is 5.06. The third kappa shape index (κ3) is 3.61. The quantitative estimate of drug-likeness (QED) is 0.472. The van der Waals surface area contributed by atoms with E-state index < -0.39 is 16.1 Å². The predicted molar refractivity (Wildman–Crippen MR) is 53.8 cm³/mol. The first-order valence-electron chi connectivity index (χ1n) is 4.20. The lowest BCUT2D eigenvalue weighted by molar-refractivity contribution is -0.138. The van der Waals surface area contributed by atoms with E-state index in [2.05, 4.69) is 4.74 Å². The molecule has 0 atom stereocenters. The van der Waals surface area contributed by atoms with Crippen molar-refractivity contribution in [2.45, 2.75) is 4.90 Å². The average Bonchev–Trinajstić information content (AvgIpc) is 2.17. The Kier molecular flexibility index (Phi) is 3.99. The van der Waals surface area contributed by atoms with Crippen molar-refractivity contribution in [2.75, 3.05) is 13.7 Å². The zero-order valence-electron chi connectivity index (χ0n) is 8.41. The van der Waals surface area contributed by atoms with Gasteiger partial charge in [-0.2, -0.15) is 8.42 Å². The lowest BCUT2D eigenvalue weighted by Crippen LogP contribution is -2.14. The molecule has 0 spiro atoms. The monoisotopic (exact) mass is 246 g/mol. The molecule has 6 nitrogen and oxygen atoms in total. The fraction of sp³-hybridized carbons (Fsp3) is 0.222. The summed E-state index contributed by atoms with van der Waals surface area (Å²) in [5.74, 6) is -0.420. The Labute approximate surface area is 92.5 Å². The van der Waals surface area contributed by atoms with Crippen LogP contribution in [-0.4, -0.2) is 32.7 Å². The van der Waals surface area contributed by atoms with E-state index in [0.29, 0.717) is 0 Å². The molecule has 0 saturated carbocycles. The molecule has 0 aliphatic carbocycles. The molecule has 0 aromatic heterocycles. The number of hydrogen-bond donors (Lipinski definition) is 1. The Morgan fingerprint density at radius 1 is 1.31 bits per heavy atom. The van der Waals surface area contributed by atoms with Crippen molar-refractivity contribution >= 4 is 16.1 Å². The van der Waals surface area contributed by atoms with Gasteiger partial charge in [-0.05, 0) is 24.3 Å². The van der Waals surface area contributed by atoms with Crippen LogP contribution in [0.1, 0.15) is 0 Å². The average molecular weight is 246 g/mol. The number of benzene rings is 1. The second-order valence-electron chi connectivity index (χ2n) is 2.85. The Morgan fingerprint density at radius 3 is 2.31 bits per heavy atom. The number of rotatable bonds is 4. The molecule has 88 valence electrons. The smallest absolute Gasteiger partial charge is 0.337 e. The highest BCUT2D eigenvalue weighted by Gasteiger charge is 2.10. The predicted octanol–water partition coefficient (Wildman–Crippen LogP) is 0.485. The topological polar surface area (TPSA) is 89.9 Å². The molecule has 16 heavy (non-hydrogen) atoms. The van der Waals surface area contributed by atoms with E-state index in [1.807, 2.05) is 0 Å². The molecule has 0 saturated heterocycles. The Balaban J connectivity index is 2.76. The van der Waals surface area contributed by atoms with E-state index in [9.17, 15) is 13.2 Å². The van der Waals surface area contributed by atoms with E-state index in [4.69, 9.17) is 9.29 Å². The number of carbonyl (C=O) groups is 1. The van der Waals surface area contributed by atoms with E-state index in [0.717, 1.165) is 12.1 Å². The minimum absolute atomic E-state index is 0.175. The molecule has 0 aliphatic rings. The summed E-state index contributed by atoms with van der Waals surface area (Å²) in [5, 5.41) is 0. The Hall–Kier alpha value is -1.44. The Morgan fingerprint density at radius 2 is 1.88 bits per heavy atom. The SMILES string of the molecule is COCC(=O)Oc1ccc(S(=O)(=O)O)cc1. The third-order valence-corrected chi connectivity index (χ3v) is 2.48. The van der Waals surface area contributed by atoms with Crippen LogP contribution in [-0.2, 0) is 19.6 Å². The van der Waals surface area contributed by atoms with Gasteiger partial charge in [-0.25, -0.2) is 4.79 Å². The zero-order valence-corrected chi connectivity index (χ0v) is 9.23. The summed E-state index contributed by atoms with van der Waals surface area (Å²) in [6, 6.07) is 4.78. The molecule has 0 bridgehead atoms. The summed E-state index contributed by atoms with van der Waals surface area (Å²) in [6.07, 6.45) is 0. The largest absolute Gasteiger partial charge is 0.425 e. The van der Waals surface area contributed by atoms with E-state index in [1.165, 1.54) is 19.2 Å². The minimum atomic E-state index is -4.22. The highest BCUT2D eigenvalue weighted by molar-refractivity contribution is 7.85. The van der Waals surface area contributed by atoms with Gasteiger partial charge in [-0.3, -0.25) is 4.55 Å². The number of ether oxygens (including phenoxy) is 2. The first-order chi connectivity index (χ1) is 7.43. The molecular formula is C9H10O6S. The van der Waals surface area contributed by atoms with Crippen LogP contribution in [0.3, 0.4) is 0 Å². The molecule has 0 radical (unpaired) electrons. The van der Waals surface area contributed by atoms with Crippen molar-refractivity contribution in [3.63, 3.8) is 0 Å². The zero-order chi connectivity index (χ0) is 12.2. The van der Waals surface area contributed by atoms with Gasteiger partial charge in [0.25, 0.3) is 10.1 Å². The highest BCUT2D eigenvalue weighted by atomic mass is 32.2. The van der Waals surface area contributed by atoms with Crippen LogP contribution in [0.2, 0.25) is 0 Å². The molecule has 1 rings (SSSR count). The lowest BCUT2D eigenvalue weighted by atomic mass is 10.3. The van der Waals surface area contributed by atoms with Crippen molar-refractivity contribution in [2.24, 2.45) is 0 Å². The molecule has 7 heteroatoms. The third-order valence-electron chi connectivity index (χ3n) is 1.62. The van der Waals surface area contributed by atoms with Gasteiger partial charge in [0.05, 0.1) is 4.90 Å². The Bertz CT molecular complexity index is 461. The molecule has 1 N–H and O–H groups in total. The highest BCUT2D eigenvalue weighted by Crippen LogP contribution is 2.15. The fourth-order valence-electron chi connectivity index (χ4n) is 0.958. The van der Waals surface area contributed by atoms with Gasteiger partial charge >= 0.3 is 5.97 Å². The van der Waals surface area contributed by atoms with Crippen molar-refractivity contribution in [3.05, 3.63) is 24.3 Å². The van der Waals surface area contributed by atoms with E-state index >= 15 is 0 Å². The van der Waals surface area contributed by atoms with E-state index in [-0.39, 0.29) is 17.3 Å². The fourth-order valence-corrected chi connectivity index (χ4v) is 1.44. The van der Waals surface area contributed by atoms with Gasteiger partial charge < -0.3 is 9.47 Å². The van der Waals surface area contributed by atoms with Crippen LogP contribution in [0.15, 0.2) is 29.2 Å².